The summed E-state index contributed by atoms with van der Waals surface area (Å²) in [6.45, 7) is 0. The van der Waals surface area contributed by atoms with E-state index >= 15 is 0 Å². The molecule has 2 aromatic heterocycles. The molecule has 7 heteroatoms. The monoisotopic (exact) mass is 365 g/mol. The molecule has 5 nitrogen and oxygen atoms in total. The molecule has 0 saturated heterocycles. The Morgan fingerprint density at radius 3 is 2.78 bits per heavy atom. The van der Waals surface area contributed by atoms with E-state index in [1.807, 2.05) is 0 Å². The number of halogens is 2. The van der Waals surface area contributed by atoms with E-state index in [2.05, 4.69) is 15.5 Å². The quantitative estimate of drug-likeness (QED) is 0.543. The van der Waals surface area contributed by atoms with E-state index in [9.17, 15) is 13.6 Å². The van der Waals surface area contributed by atoms with Crippen molar-refractivity contribution in [2.45, 2.75) is 0 Å². The van der Waals surface area contributed by atoms with Gasteiger partial charge in [0.1, 0.15) is 11.6 Å². The standard InChI is InChI=1S/C20H13F2N3O2/c21-13-4-1-3-12(9-13)6-7-16-14-10-18(15(22)11-17(14)25-24-16)23-20(26)19-5-2-8-27-19/h1-11H,(H,23,26)(H,24,25)/b7-6+. The fraction of sp³-hybridized carbons (Fsp3) is 0. The molecule has 27 heavy (non-hydrogen) atoms. The second-order valence-corrected chi connectivity index (χ2v) is 5.81. The van der Waals surface area contributed by atoms with Crippen molar-refractivity contribution in [3.8, 4) is 0 Å². The van der Waals surface area contributed by atoms with Gasteiger partial charge >= 0.3 is 0 Å². The second kappa shape index (κ2) is 6.87. The number of carbonyl (C=O) groups excluding carboxylic acids is 1. The predicted molar refractivity (Wildman–Crippen MR) is 98.0 cm³/mol. The number of aromatic amines is 1. The lowest BCUT2D eigenvalue weighted by molar-refractivity contribution is 0.0996. The number of fused-ring (bicyclic) bond motifs is 1. The zero-order valence-electron chi connectivity index (χ0n) is 13.9. The molecule has 2 N–H and O–H groups in total. The molecule has 2 heterocycles. The summed E-state index contributed by atoms with van der Waals surface area (Å²) in [5.74, 6) is -1.42. The van der Waals surface area contributed by atoms with Gasteiger partial charge in [0.05, 0.1) is 23.2 Å². The molecule has 0 aliphatic heterocycles. The molecule has 0 unspecified atom stereocenters. The van der Waals surface area contributed by atoms with Crippen LogP contribution < -0.4 is 5.32 Å². The molecule has 4 rings (SSSR count). The van der Waals surface area contributed by atoms with E-state index in [4.69, 9.17) is 4.42 Å². The zero-order chi connectivity index (χ0) is 18.8. The van der Waals surface area contributed by atoms with Crippen molar-refractivity contribution in [1.82, 2.24) is 10.2 Å². The molecule has 4 aromatic rings. The maximum absolute atomic E-state index is 14.3. The number of hydrogen-bond donors (Lipinski definition) is 2. The lowest BCUT2D eigenvalue weighted by Gasteiger charge is -2.05. The first-order valence-electron chi connectivity index (χ1n) is 8.06. The molecule has 0 atom stereocenters. The van der Waals surface area contributed by atoms with Crippen molar-refractivity contribution in [3.63, 3.8) is 0 Å². The lowest BCUT2D eigenvalue weighted by Crippen LogP contribution is -2.12. The first kappa shape index (κ1) is 16.7. The summed E-state index contributed by atoms with van der Waals surface area (Å²) in [5.41, 5.74) is 1.68. The summed E-state index contributed by atoms with van der Waals surface area (Å²) < 4.78 is 32.6. The topological polar surface area (TPSA) is 70.9 Å². The molecule has 0 radical (unpaired) electrons. The number of carbonyl (C=O) groups is 1. The summed E-state index contributed by atoms with van der Waals surface area (Å²) in [5, 5.41) is 9.97. The molecule has 0 fully saturated rings. The highest BCUT2D eigenvalue weighted by atomic mass is 19.1. The van der Waals surface area contributed by atoms with Crippen molar-refractivity contribution in [2.75, 3.05) is 5.32 Å². The number of benzene rings is 2. The normalized spacial score (nSPS) is 11.3. The van der Waals surface area contributed by atoms with Gasteiger partial charge < -0.3 is 9.73 Å². The van der Waals surface area contributed by atoms with Gasteiger partial charge in [0.15, 0.2) is 5.76 Å². The van der Waals surface area contributed by atoms with Gasteiger partial charge in [-0.2, -0.15) is 5.10 Å². The molecule has 0 aliphatic carbocycles. The van der Waals surface area contributed by atoms with Crippen LogP contribution >= 0.6 is 0 Å². The number of nitrogens with one attached hydrogen (secondary N) is 2. The van der Waals surface area contributed by atoms with Crippen molar-refractivity contribution in [2.24, 2.45) is 0 Å². The SMILES string of the molecule is O=C(Nc1cc2c(/C=C/c3cccc(F)c3)n[nH]c2cc1F)c1ccco1. The zero-order valence-corrected chi connectivity index (χ0v) is 13.9. The minimum absolute atomic E-state index is 0.00528. The number of anilines is 1. The van der Waals surface area contributed by atoms with Crippen molar-refractivity contribution < 1.29 is 18.0 Å². The molecular formula is C20H13F2N3O2. The van der Waals surface area contributed by atoms with Crippen LogP contribution in [0, 0.1) is 11.6 Å². The average Bonchev–Trinajstić information content (AvgIpc) is 3.30. The third-order valence-electron chi connectivity index (χ3n) is 3.96. The summed E-state index contributed by atoms with van der Waals surface area (Å²) in [6.07, 6.45) is 4.74. The summed E-state index contributed by atoms with van der Waals surface area (Å²) in [4.78, 5) is 12.1. The third kappa shape index (κ3) is 3.48. The van der Waals surface area contributed by atoms with Gasteiger partial charge in [0.2, 0.25) is 0 Å². The Balaban J connectivity index is 1.66. The Kier molecular flexibility index (Phi) is 4.25. The molecule has 134 valence electrons. The Hall–Kier alpha value is -3.74. The van der Waals surface area contributed by atoms with E-state index in [0.717, 1.165) is 0 Å². The van der Waals surface area contributed by atoms with Crippen molar-refractivity contribution in [1.29, 1.82) is 0 Å². The van der Waals surface area contributed by atoms with Crippen LogP contribution in [0.3, 0.4) is 0 Å². The van der Waals surface area contributed by atoms with Crippen LogP contribution in [0.25, 0.3) is 23.1 Å². The number of furan rings is 1. The van der Waals surface area contributed by atoms with Gasteiger partial charge in [-0.05, 0) is 42.0 Å². The lowest BCUT2D eigenvalue weighted by atomic mass is 10.1. The maximum atomic E-state index is 14.3. The van der Waals surface area contributed by atoms with Gasteiger partial charge in [0.25, 0.3) is 5.91 Å². The number of H-pyrrole nitrogens is 1. The van der Waals surface area contributed by atoms with Crippen LogP contribution in [-0.4, -0.2) is 16.1 Å². The van der Waals surface area contributed by atoms with Crippen LogP contribution in [0.2, 0.25) is 0 Å². The van der Waals surface area contributed by atoms with Gasteiger partial charge in [0, 0.05) is 11.5 Å². The smallest absolute Gasteiger partial charge is 0.291 e. The Labute approximate surface area is 152 Å². The fourth-order valence-corrected chi connectivity index (χ4v) is 2.66. The second-order valence-electron chi connectivity index (χ2n) is 5.81. The molecule has 0 spiro atoms. The first-order valence-corrected chi connectivity index (χ1v) is 8.06. The highest BCUT2D eigenvalue weighted by Crippen LogP contribution is 2.26. The van der Waals surface area contributed by atoms with Crippen LogP contribution in [-0.2, 0) is 0 Å². The van der Waals surface area contributed by atoms with E-state index in [1.165, 1.54) is 36.6 Å². The predicted octanol–water partition coefficient (Wildman–Crippen LogP) is 4.86. The van der Waals surface area contributed by atoms with E-state index in [-0.39, 0.29) is 17.3 Å². The van der Waals surface area contributed by atoms with Gasteiger partial charge in [-0.15, -0.1) is 0 Å². The number of aromatic nitrogens is 2. The Bertz CT molecular complexity index is 1150. The Morgan fingerprint density at radius 1 is 1.11 bits per heavy atom. The maximum Gasteiger partial charge on any atom is 0.291 e. The van der Waals surface area contributed by atoms with Crippen LogP contribution in [0.4, 0.5) is 14.5 Å². The van der Waals surface area contributed by atoms with Gasteiger partial charge in [-0.3, -0.25) is 9.89 Å². The van der Waals surface area contributed by atoms with Crippen LogP contribution in [0.1, 0.15) is 21.8 Å². The van der Waals surface area contributed by atoms with E-state index < -0.39 is 11.7 Å². The molecular weight excluding hydrogens is 352 g/mol. The average molecular weight is 365 g/mol. The summed E-state index contributed by atoms with van der Waals surface area (Å²) >= 11 is 0. The Morgan fingerprint density at radius 2 is 2.00 bits per heavy atom. The molecule has 0 bridgehead atoms. The third-order valence-corrected chi connectivity index (χ3v) is 3.96. The molecule has 2 aromatic carbocycles. The summed E-state index contributed by atoms with van der Waals surface area (Å²) in [7, 11) is 0. The summed E-state index contributed by atoms with van der Waals surface area (Å²) in [6, 6.07) is 11.9. The van der Waals surface area contributed by atoms with Crippen LogP contribution in [0.5, 0.6) is 0 Å². The van der Waals surface area contributed by atoms with Crippen LogP contribution in [0.15, 0.2) is 59.2 Å². The highest BCUT2D eigenvalue weighted by Gasteiger charge is 2.14. The van der Waals surface area contributed by atoms with Gasteiger partial charge in [-0.1, -0.05) is 18.2 Å². The largest absolute Gasteiger partial charge is 0.459 e. The van der Waals surface area contributed by atoms with E-state index in [1.54, 1.807) is 30.4 Å². The van der Waals surface area contributed by atoms with Crippen molar-refractivity contribution >= 4 is 34.6 Å². The first-order chi connectivity index (χ1) is 13.1. The van der Waals surface area contributed by atoms with Gasteiger partial charge in [-0.25, -0.2) is 8.78 Å². The minimum Gasteiger partial charge on any atom is -0.459 e. The molecule has 1 amide bonds. The van der Waals surface area contributed by atoms with Crippen molar-refractivity contribution in [3.05, 3.63) is 83.4 Å². The number of rotatable bonds is 4. The minimum atomic E-state index is -0.605. The molecule has 0 aliphatic rings. The fourth-order valence-electron chi connectivity index (χ4n) is 2.66. The highest BCUT2D eigenvalue weighted by molar-refractivity contribution is 6.03. The number of nitrogens with zero attached hydrogens (tertiary/aromatic N) is 1. The number of hydrogen-bond acceptors (Lipinski definition) is 3. The van der Waals surface area contributed by atoms with E-state index in [0.29, 0.717) is 22.2 Å². The number of amides is 1. The molecule has 0 saturated carbocycles.